The summed E-state index contributed by atoms with van der Waals surface area (Å²) in [6, 6.07) is 12.8. The van der Waals surface area contributed by atoms with E-state index in [9.17, 15) is 10.1 Å². The number of anilines is 1. The molecular weight excluding hydrogens is 360 g/mol. The molecule has 0 spiro atoms. The van der Waals surface area contributed by atoms with Crippen molar-refractivity contribution in [2.24, 2.45) is 0 Å². The molecular formula is C20H18N4O2S. The average molecular weight is 378 g/mol. The number of thiazole rings is 1. The van der Waals surface area contributed by atoms with Crippen LogP contribution >= 0.6 is 11.3 Å². The fourth-order valence-electron chi connectivity index (χ4n) is 3.12. The molecule has 0 amide bonds. The summed E-state index contributed by atoms with van der Waals surface area (Å²) in [5.74, 6) is 0. The normalized spacial score (nSPS) is 11.0. The molecule has 0 saturated heterocycles. The second kappa shape index (κ2) is 7.20. The molecule has 2 N–H and O–H groups in total. The van der Waals surface area contributed by atoms with Crippen LogP contribution in [0.2, 0.25) is 0 Å². The molecule has 2 aromatic carbocycles. The summed E-state index contributed by atoms with van der Waals surface area (Å²) in [4.78, 5) is 18.3. The Morgan fingerprint density at radius 1 is 1.22 bits per heavy atom. The van der Waals surface area contributed by atoms with Crippen molar-refractivity contribution in [1.82, 2.24) is 9.97 Å². The number of aryl methyl sites for hydroxylation is 1. The monoisotopic (exact) mass is 378 g/mol. The van der Waals surface area contributed by atoms with Gasteiger partial charge in [0.15, 0.2) is 5.13 Å². The van der Waals surface area contributed by atoms with Crippen LogP contribution in [0.4, 0.5) is 10.8 Å². The summed E-state index contributed by atoms with van der Waals surface area (Å²) in [5.41, 5.74) is 5.51. The van der Waals surface area contributed by atoms with Crippen LogP contribution in [0, 0.1) is 17.0 Å². The highest BCUT2D eigenvalue weighted by Crippen LogP contribution is 2.27. The van der Waals surface area contributed by atoms with E-state index >= 15 is 0 Å². The van der Waals surface area contributed by atoms with Gasteiger partial charge in [-0.3, -0.25) is 10.1 Å². The van der Waals surface area contributed by atoms with Gasteiger partial charge in [-0.25, -0.2) is 4.98 Å². The molecule has 27 heavy (non-hydrogen) atoms. The molecule has 2 aromatic heterocycles. The van der Waals surface area contributed by atoms with Crippen LogP contribution < -0.4 is 5.32 Å². The maximum atomic E-state index is 10.7. The van der Waals surface area contributed by atoms with Gasteiger partial charge >= 0.3 is 0 Å². The minimum Gasteiger partial charge on any atom is -0.361 e. The summed E-state index contributed by atoms with van der Waals surface area (Å²) in [6.45, 7) is 2.89. The predicted molar refractivity (Wildman–Crippen MR) is 109 cm³/mol. The molecule has 136 valence electrons. The first kappa shape index (κ1) is 17.2. The maximum Gasteiger partial charge on any atom is 0.269 e. The zero-order chi connectivity index (χ0) is 18.8. The Balaban J connectivity index is 1.41. The third kappa shape index (κ3) is 3.54. The number of fused-ring (bicyclic) bond motifs is 1. The van der Waals surface area contributed by atoms with Crippen LogP contribution in [0.25, 0.3) is 22.2 Å². The third-order valence-electron chi connectivity index (χ3n) is 4.56. The first-order valence-electron chi connectivity index (χ1n) is 8.61. The number of aromatic nitrogens is 2. The van der Waals surface area contributed by atoms with Crippen molar-refractivity contribution in [3.05, 3.63) is 75.3 Å². The minimum atomic E-state index is -0.399. The van der Waals surface area contributed by atoms with Crippen molar-refractivity contribution < 1.29 is 4.92 Å². The molecule has 4 rings (SSSR count). The topological polar surface area (TPSA) is 83.8 Å². The number of H-pyrrole nitrogens is 1. The van der Waals surface area contributed by atoms with E-state index in [1.54, 1.807) is 12.1 Å². The van der Waals surface area contributed by atoms with Gasteiger partial charge in [0.1, 0.15) is 0 Å². The number of nitro groups is 1. The fourth-order valence-corrected chi connectivity index (χ4v) is 3.86. The highest BCUT2D eigenvalue weighted by molar-refractivity contribution is 7.14. The van der Waals surface area contributed by atoms with Crippen LogP contribution in [0.15, 0.2) is 54.0 Å². The summed E-state index contributed by atoms with van der Waals surface area (Å²) in [6.07, 6.45) is 2.97. The van der Waals surface area contributed by atoms with E-state index in [0.717, 1.165) is 29.4 Å². The van der Waals surface area contributed by atoms with Crippen molar-refractivity contribution in [3.8, 4) is 11.3 Å². The number of para-hydroxylation sites is 1. The standard InChI is InChI=1S/C20H18N4O2S/c1-13-3-2-4-17-15(11-22-19(13)17)9-10-21-20-23-18(12-27-20)14-5-7-16(8-6-14)24(25)26/h2-8,11-12,22H,9-10H2,1H3,(H,21,23). The second-order valence-electron chi connectivity index (χ2n) is 6.33. The fraction of sp³-hybridized carbons (Fsp3) is 0.150. The van der Waals surface area contributed by atoms with Crippen molar-refractivity contribution in [3.63, 3.8) is 0 Å². The Hall–Kier alpha value is -3.19. The zero-order valence-corrected chi connectivity index (χ0v) is 15.5. The van der Waals surface area contributed by atoms with E-state index in [4.69, 9.17) is 0 Å². The number of nitrogens with zero attached hydrogens (tertiary/aromatic N) is 2. The highest BCUT2D eigenvalue weighted by Gasteiger charge is 2.09. The van der Waals surface area contributed by atoms with Gasteiger partial charge in [0.2, 0.25) is 0 Å². The lowest BCUT2D eigenvalue weighted by Crippen LogP contribution is -2.04. The summed E-state index contributed by atoms with van der Waals surface area (Å²) in [7, 11) is 0. The molecule has 0 bridgehead atoms. The van der Waals surface area contributed by atoms with Crippen LogP contribution in [0.3, 0.4) is 0 Å². The molecule has 0 saturated carbocycles. The predicted octanol–water partition coefficient (Wildman–Crippen LogP) is 5.16. The number of hydrogen-bond acceptors (Lipinski definition) is 5. The van der Waals surface area contributed by atoms with Gasteiger partial charge in [-0.1, -0.05) is 18.2 Å². The highest BCUT2D eigenvalue weighted by atomic mass is 32.1. The van der Waals surface area contributed by atoms with Gasteiger partial charge in [-0.15, -0.1) is 11.3 Å². The molecule has 6 nitrogen and oxygen atoms in total. The van der Waals surface area contributed by atoms with Gasteiger partial charge in [0.05, 0.1) is 10.6 Å². The van der Waals surface area contributed by atoms with Gasteiger partial charge in [-0.2, -0.15) is 0 Å². The molecule has 0 unspecified atom stereocenters. The van der Waals surface area contributed by atoms with Gasteiger partial charge in [0, 0.05) is 46.7 Å². The van der Waals surface area contributed by atoms with Gasteiger partial charge in [-0.05, 0) is 36.6 Å². The number of aromatic amines is 1. The average Bonchev–Trinajstić information content (AvgIpc) is 3.30. The molecule has 2 heterocycles. The lowest BCUT2D eigenvalue weighted by Gasteiger charge is -2.02. The lowest BCUT2D eigenvalue weighted by atomic mass is 10.1. The Kier molecular flexibility index (Phi) is 4.60. The Morgan fingerprint density at radius 3 is 2.81 bits per heavy atom. The van der Waals surface area contributed by atoms with E-state index < -0.39 is 4.92 Å². The first-order chi connectivity index (χ1) is 13.1. The van der Waals surface area contributed by atoms with Crippen LogP contribution in [0.1, 0.15) is 11.1 Å². The molecule has 7 heteroatoms. The molecule has 0 aliphatic rings. The minimum absolute atomic E-state index is 0.0845. The number of rotatable bonds is 6. The largest absolute Gasteiger partial charge is 0.361 e. The van der Waals surface area contributed by atoms with Crippen molar-refractivity contribution in [2.45, 2.75) is 13.3 Å². The summed E-state index contributed by atoms with van der Waals surface area (Å²) >= 11 is 1.53. The SMILES string of the molecule is Cc1cccc2c(CCNc3nc(-c4ccc([N+](=O)[O-])cc4)cs3)c[nH]c12. The van der Waals surface area contributed by atoms with Crippen LogP contribution in [0.5, 0.6) is 0 Å². The van der Waals surface area contributed by atoms with E-state index in [1.165, 1.54) is 45.5 Å². The Labute approximate surface area is 160 Å². The first-order valence-corrected chi connectivity index (χ1v) is 9.49. The maximum absolute atomic E-state index is 10.7. The van der Waals surface area contributed by atoms with Crippen molar-refractivity contribution in [1.29, 1.82) is 0 Å². The Morgan fingerprint density at radius 2 is 2.04 bits per heavy atom. The number of non-ortho nitro benzene ring substituents is 1. The van der Waals surface area contributed by atoms with Crippen molar-refractivity contribution >= 4 is 33.1 Å². The zero-order valence-electron chi connectivity index (χ0n) is 14.7. The molecule has 0 radical (unpaired) electrons. The van der Waals surface area contributed by atoms with E-state index in [0.29, 0.717) is 0 Å². The molecule has 0 atom stereocenters. The molecule has 0 aliphatic carbocycles. The number of hydrogen-bond donors (Lipinski definition) is 2. The quantitative estimate of drug-likeness (QED) is 0.358. The van der Waals surface area contributed by atoms with E-state index in [1.807, 2.05) is 5.38 Å². The van der Waals surface area contributed by atoms with Crippen LogP contribution in [-0.2, 0) is 6.42 Å². The summed E-state index contributed by atoms with van der Waals surface area (Å²) < 4.78 is 0. The number of benzene rings is 2. The van der Waals surface area contributed by atoms with E-state index in [-0.39, 0.29) is 5.69 Å². The number of nitrogens with one attached hydrogen (secondary N) is 2. The summed E-state index contributed by atoms with van der Waals surface area (Å²) in [5, 5.41) is 18.2. The second-order valence-corrected chi connectivity index (χ2v) is 7.19. The van der Waals surface area contributed by atoms with Crippen LogP contribution in [-0.4, -0.2) is 21.4 Å². The molecule has 4 aromatic rings. The van der Waals surface area contributed by atoms with E-state index in [2.05, 4.69) is 46.6 Å². The number of nitro benzene ring substituents is 1. The third-order valence-corrected chi connectivity index (χ3v) is 5.36. The van der Waals surface area contributed by atoms with Gasteiger partial charge in [0.25, 0.3) is 5.69 Å². The molecule has 0 aliphatic heterocycles. The Bertz CT molecular complexity index is 1100. The smallest absolute Gasteiger partial charge is 0.269 e. The molecule has 0 fully saturated rings. The van der Waals surface area contributed by atoms with Gasteiger partial charge < -0.3 is 10.3 Å². The lowest BCUT2D eigenvalue weighted by molar-refractivity contribution is -0.384. The van der Waals surface area contributed by atoms with Crippen molar-refractivity contribution in [2.75, 3.05) is 11.9 Å².